The molecule has 116 valence electrons. The van der Waals surface area contributed by atoms with Crippen molar-refractivity contribution in [1.82, 2.24) is 14.9 Å². The number of thiocarbonyl (C=S) groups is 1. The van der Waals surface area contributed by atoms with Gasteiger partial charge in [-0.3, -0.25) is 9.97 Å². The third-order valence-electron chi connectivity index (χ3n) is 3.85. The van der Waals surface area contributed by atoms with Gasteiger partial charge in [0.25, 0.3) is 0 Å². The van der Waals surface area contributed by atoms with Crippen LogP contribution >= 0.6 is 23.6 Å². The predicted molar refractivity (Wildman–Crippen MR) is 95.9 cm³/mol. The molecule has 3 rings (SSSR count). The molecule has 0 aliphatic carbocycles. The summed E-state index contributed by atoms with van der Waals surface area (Å²) < 4.78 is 0. The van der Waals surface area contributed by atoms with Gasteiger partial charge in [-0.2, -0.15) is 0 Å². The quantitative estimate of drug-likeness (QED) is 0.807. The Hall–Kier alpha value is -1.53. The molecule has 0 atom stereocenters. The van der Waals surface area contributed by atoms with E-state index in [1.54, 1.807) is 11.3 Å². The number of hydrogen-bond acceptors (Lipinski definition) is 5. The van der Waals surface area contributed by atoms with Gasteiger partial charge in [-0.05, 0) is 31.5 Å². The lowest BCUT2D eigenvalue weighted by Gasteiger charge is -2.36. The minimum absolute atomic E-state index is 0.762. The van der Waals surface area contributed by atoms with Gasteiger partial charge in [0.1, 0.15) is 5.00 Å². The highest BCUT2D eigenvalue weighted by atomic mass is 32.1. The molecule has 0 radical (unpaired) electrons. The Bertz CT molecular complexity index is 626. The molecule has 0 spiro atoms. The highest BCUT2D eigenvalue weighted by Crippen LogP contribution is 2.21. The first kappa shape index (κ1) is 15.4. The molecular weight excluding hydrogens is 312 g/mol. The van der Waals surface area contributed by atoms with Gasteiger partial charge in [-0.15, -0.1) is 11.3 Å². The lowest BCUT2D eigenvalue weighted by Crippen LogP contribution is -2.48. The maximum atomic E-state index is 5.64. The monoisotopic (exact) mass is 332 g/mol. The summed E-state index contributed by atoms with van der Waals surface area (Å²) in [5.41, 5.74) is 5.28. The average molecular weight is 332 g/mol. The van der Waals surface area contributed by atoms with E-state index in [1.165, 1.54) is 10.6 Å². The standard InChI is InChI=1S/C16H20N4S2/c1-12-7-13(2)18-14(8-12)9-15(21)19-3-5-20(6-4-19)16-10-17-11-22-16/h7-8,10-11H,3-6,9H2,1-2H3. The molecule has 2 aromatic rings. The van der Waals surface area contributed by atoms with Crippen LogP contribution in [0.15, 0.2) is 23.8 Å². The molecule has 0 saturated carbocycles. The van der Waals surface area contributed by atoms with E-state index in [2.05, 4.69) is 38.8 Å². The Morgan fingerprint density at radius 2 is 2.00 bits per heavy atom. The minimum atomic E-state index is 0.762. The molecule has 1 fully saturated rings. The van der Waals surface area contributed by atoms with Gasteiger partial charge in [0.05, 0.1) is 16.7 Å². The Balaban J connectivity index is 1.58. The van der Waals surface area contributed by atoms with Crippen LogP contribution < -0.4 is 4.90 Å². The largest absolute Gasteiger partial charge is 0.362 e. The van der Waals surface area contributed by atoms with E-state index in [-0.39, 0.29) is 0 Å². The van der Waals surface area contributed by atoms with Crippen LogP contribution in [0.2, 0.25) is 0 Å². The van der Waals surface area contributed by atoms with E-state index in [0.717, 1.165) is 49.0 Å². The van der Waals surface area contributed by atoms with Crippen molar-refractivity contribution in [2.45, 2.75) is 20.3 Å². The van der Waals surface area contributed by atoms with Gasteiger partial charge in [0.15, 0.2) is 0 Å². The molecule has 2 aromatic heterocycles. The second kappa shape index (κ2) is 6.71. The van der Waals surface area contributed by atoms with Gasteiger partial charge in [0, 0.05) is 44.0 Å². The zero-order valence-electron chi connectivity index (χ0n) is 13.0. The minimum Gasteiger partial charge on any atom is -0.362 e. The van der Waals surface area contributed by atoms with Crippen LogP contribution in [0, 0.1) is 13.8 Å². The Kier molecular flexibility index (Phi) is 4.69. The van der Waals surface area contributed by atoms with Crippen LogP contribution in [0.25, 0.3) is 0 Å². The zero-order valence-corrected chi connectivity index (χ0v) is 14.6. The summed E-state index contributed by atoms with van der Waals surface area (Å²) >= 11 is 7.34. The molecule has 3 heterocycles. The number of rotatable bonds is 3. The normalized spacial score (nSPS) is 15.2. The first-order valence-corrected chi connectivity index (χ1v) is 8.76. The predicted octanol–water partition coefficient (Wildman–Crippen LogP) is 2.85. The maximum absolute atomic E-state index is 5.64. The van der Waals surface area contributed by atoms with Crippen LogP contribution in [0.4, 0.5) is 5.00 Å². The number of hydrogen-bond donors (Lipinski definition) is 0. The van der Waals surface area contributed by atoms with Crippen molar-refractivity contribution in [2.24, 2.45) is 0 Å². The lowest BCUT2D eigenvalue weighted by molar-refractivity contribution is 0.387. The van der Waals surface area contributed by atoms with Crippen LogP contribution in [0.3, 0.4) is 0 Å². The van der Waals surface area contributed by atoms with Crippen molar-refractivity contribution < 1.29 is 0 Å². The number of nitrogens with zero attached hydrogens (tertiary/aromatic N) is 4. The molecular formula is C16H20N4S2. The summed E-state index contributed by atoms with van der Waals surface area (Å²) in [7, 11) is 0. The van der Waals surface area contributed by atoms with Crippen LogP contribution in [-0.4, -0.2) is 46.0 Å². The van der Waals surface area contributed by atoms with Gasteiger partial charge in [-0.1, -0.05) is 12.2 Å². The number of pyridine rings is 1. The third-order valence-corrected chi connectivity index (χ3v) is 5.08. The van der Waals surface area contributed by atoms with E-state index < -0.39 is 0 Å². The first-order valence-electron chi connectivity index (χ1n) is 7.47. The number of aromatic nitrogens is 2. The second-order valence-electron chi connectivity index (χ2n) is 5.66. The molecule has 1 saturated heterocycles. The molecule has 0 bridgehead atoms. The topological polar surface area (TPSA) is 32.3 Å². The number of piperazine rings is 1. The second-order valence-corrected chi connectivity index (χ2v) is 7.00. The Morgan fingerprint density at radius 3 is 2.64 bits per heavy atom. The molecule has 0 unspecified atom stereocenters. The van der Waals surface area contributed by atoms with E-state index in [0.29, 0.717) is 0 Å². The van der Waals surface area contributed by atoms with Gasteiger partial charge >= 0.3 is 0 Å². The summed E-state index contributed by atoms with van der Waals surface area (Å²) in [6, 6.07) is 4.23. The number of anilines is 1. The van der Waals surface area contributed by atoms with E-state index >= 15 is 0 Å². The number of thiazole rings is 1. The molecule has 0 N–H and O–H groups in total. The fourth-order valence-corrected chi connectivity index (χ4v) is 3.84. The summed E-state index contributed by atoms with van der Waals surface area (Å²) in [5, 5.41) is 1.25. The van der Waals surface area contributed by atoms with Gasteiger partial charge in [0.2, 0.25) is 0 Å². The smallest absolute Gasteiger partial charge is 0.111 e. The van der Waals surface area contributed by atoms with Crippen molar-refractivity contribution in [2.75, 3.05) is 31.1 Å². The molecule has 1 aliphatic rings. The molecule has 4 nitrogen and oxygen atoms in total. The molecule has 0 amide bonds. The van der Waals surface area contributed by atoms with Gasteiger partial charge < -0.3 is 9.80 Å². The fourth-order valence-electron chi connectivity index (χ4n) is 2.82. The third kappa shape index (κ3) is 3.62. The van der Waals surface area contributed by atoms with E-state index in [4.69, 9.17) is 12.2 Å². The molecule has 6 heteroatoms. The van der Waals surface area contributed by atoms with Crippen LogP contribution in [0.1, 0.15) is 17.0 Å². The molecule has 0 aromatic carbocycles. The zero-order chi connectivity index (χ0) is 15.5. The highest BCUT2D eigenvalue weighted by Gasteiger charge is 2.20. The van der Waals surface area contributed by atoms with E-state index in [9.17, 15) is 0 Å². The van der Waals surface area contributed by atoms with E-state index in [1.807, 2.05) is 18.6 Å². The van der Waals surface area contributed by atoms with Crippen molar-refractivity contribution in [3.05, 3.63) is 40.8 Å². The maximum Gasteiger partial charge on any atom is 0.111 e. The van der Waals surface area contributed by atoms with Crippen molar-refractivity contribution >= 4 is 33.5 Å². The summed E-state index contributed by atoms with van der Waals surface area (Å²) in [5.74, 6) is 0. The van der Waals surface area contributed by atoms with Crippen LogP contribution in [0.5, 0.6) is 0 Å². The van der Waals surface area contributed by atoms with Crippen molar-refractivity contribution in [3.8, 4) is 0 Å². The van der Waals surface area contributed by atoms with Gasteiger partial charge in [-0.25, -0.2) is 0 Å². The molecule has 1 aliphatic heterocycles. The highest BCUT2D eigenvalue weighted by molar-refractivity contribution is 7.80. The average Bonchev–Trinajstić information content (AvgIpc) is 3.00. The molecule has 22 heavy (non-hydrogen) atoms. The Morgan fingerprint density at radius 1 is 1.23 bits per heavy atom. The summed E-state index contributed by atoms with van der Waals surface area (Å²) in [6.45, 7) is 8.09. The summed E-state index contributed by atoms with van der Waals surface area (Å²) in [6.07, 6.45) is 2.70. The van der Waals surface area contributed by atoms with Crippen LogP contribution in [-0.2, 0) is 6.42 Å². The lowest BCUT2D eigenvalue weighted by atomic mass is 10.1. The summed E-state index contributed by atoms with van der Waals surface area (Å²) in [4.78, 5) is 14.4. The SMILES string of the molecule is Cc1cc(C)nc(CC(=S)N2CCN(c3cncs3)CC2)c1. The fraction of sp³-hybridized carbons (Fsp3) is 0.438. The first-order chi connectivity index (χ1) is 10.6. The Labute approximate surface area is 140 Å². The number of aryl methyl sites for hydroxylation is 2. The van der Waals surface area contributed by atoms with Crippen molar-refractivity contribution in [3.63, 3.8) is 0 Å². The van der Waals surface area contributed by atoms with Crippen molar-refractivity contribution in [1.29, 1.82) is 0 Å².